The number of carbonyl (C=O) groups excluding carboxylic acids is 1. The van der Waals surface area contributed by atoms with Crippen molar-refractivity contribution in [2.45, 2.75) is 45.8 Å². The van der Waals surface area contributed by atoms with Gasteiger partial charge in [0, 0.05) is 42.4 Å². The van der Waals surface area contributed by atoms with Crippen molar-refractivity contribution in [1.82, 2.24) is 15.1 Å². The van der Waals surface area contributed by atoms with Crippen LogP contribution in [0.1, 0.15) is 32.0 Å². The van der Waals surface area contributed by atoms with Gasteiger partial charge in [-0.3, -0.25) is 9.59 Å². The van der Waals surface area contributed by atoms with Crippen LogP contribution in [0.3, 0.4) is 0 Å². The van der Waals surface area contributed by atoms with Gasteiger partial charge in [0.25, 0.3) is 5.56 Å². The second kappa shape index (κ2) is 7.42. The number of benzene rings is 1. The fourth-order valence-electron chi connectivity index (χ4n) is 3.16. The van der Waals surface area contributed by atoms with Crippen LogP contribution in [-0.2, 0) is 24.3 Å². The van der Waals surface area contributed by atoms with Gasteiger partial charge in [-0.2, -0.15) is 5.10 Å². The third-order valence-electron chi connectivity index (χ3n) is 4.39. The Bertz CT molecular complexity index is 882. The highest BCUT2D eigenvalue weighted by Crippen LogP contribution is 2.24. The Morgan fingerprint density at radius 2 is 1.96 bits per heavy atom. The SMILES string of the molecule is COc1ccc(N2CCc3nn(CC(=O)NC(C)(C)C)c(=O)cc3C2)cc1. The molecule has 0 saturated carbocycles. The number of aromatic nitrogens is 2. The standard InChI is InChI=1S/C20H26N4O3/c1-20(2,3)21-18(25)13-24-19(26)11-14-12-23(10-9-17(14)22-24)15-5-7-16(27-4)8-6-15/h5-8,11H,9-10,12-13H2,1-4H3,(H,21,25). The van der Waals surface area contributed by atoms with Gasteiger partial charge in [-0.05, 0) is 45.0 Å². The van der Waals surface area contributed by atoms with E-state index >= 15 is 0 Å². The molecular formula is C20H26N4O3. The van der Waals surface area contributed by atoms with Crippen LogP contribution in [0.25, 0.3) is 0 Å². The van der Waals surface area contributed by atoms with Crippen LogP contribution >= 0.6 is 0 Å². The molecule has 0 fully saturated rings. The number of hydrogen-bond acceptors (Lipinski definition) is 5. The first-order valence-corrected chi connectivity index (χ1v) is 9.05. The van der Waals surface area contributed by atoms with Crippen LogP contribution in [0.4, 0.5) is 5.69 Å². The number of carbonyl (C=O) groups is 1. The van der Waals surface area contributed by atoms with Gasteiger partial charge in [-0.15, -0.1) is 0 Å². The van der Waals surface area contributed by atoms with E-state index in [1.807, 2.05) is 45.0 Å². The number of fused-ring (bicyclic) bond motifs is 1. The van der Waals surface area contributed by atoms with Gasteiger partial charge >= 0.3 is 0 Å². The molecule has 27 heavy (non-hydrogen) atoms. The van der Waals surface area contributed by atoms with Crippen molar-refractivity contribution in [3.63, 3.8) is 0 Å². The Kier molecular flexibility index (Phi) is 5.21. The van der Waals surface area contributed by atoms with E-state index in [-0.39, 0.29) is 23.6 Å². The minimum atomic E-state index is -0.340. The lowest BCUT2D eigenvalue weighted by Crippen LogP contribution is -2.44. The van der Waals surface area contributed by atoms with Crippen LogP contribution in [0.15, 0.2) is 35.1 Å². The van der Waals surface area contributed by atoms with Crippen molar-refractivity contribution in [1.29, 1.82) is 0 Å². The van der Waals surface area contributed by atoms with Gasteiger partial charge in [0.2, 0.25) is 5.91 Å². The first kappa shape index (κ1) is 18.9. The van der Waals surface area contributed by atoms with Crippen molar-refractivity contribution >= 4 is 11.6 Å². The fraction of sp³-hybridized carbons (Fsp3) is 0.450. The van der Waals surface area contributed by atoms with Crippen LogP contribution in [-0.4, -0.2) is 34.9 Å². The normalized spacial score (nSPS) is 13.9. The molecule has 0 saturated heterocycles. The number of amides is 1. The average Bonchev–Trinajstić information content (AvgIpc) is 2.60. The number of rotatable bonds is 4. The third-order valence-corrected chi connectivity index (χ3v) is 4.39. The Balaban J connectivity index is 1.75. The van der Waals surface area contributed by atoms with E-state index in [0.717, 1.165) is 35.7 Å². The van der Waals surface area contributed by atoms with Crippen LogP contribution in [0, 0.1) is 0 Å². The average molecular weight is 370 g/mol. The lowest BCUT2D eigenvalue weighted by Gasteiger charge is -2.30. The van der Waals surface area contributed by atoms with E-state index < -0.39 is 0 Å². The molecule has 1 aromatic heterocycles. The molecule has 0 bridgehead atoms. The maximum atomic E-state index is 12.4. The summed E-state index contributed by atoms with van der Waals surface area (Å²) in [5.41, 5.74) is 2.27. The maximum Gasteiger partial charge on any atom is 0.267 e. The highest BCUT2D eigenvalue weighted by Gasteiger charge is 2.21. The van der Waals surface area contributed by atoms with Crippen molar-refractivity contribution in [2.75, 3.05) is 18.6 Å². The number of anilines is 1. The van der Waals surface area contributed by atoms with E-state index in [1.165, 1.54) is 4.68 Å². The Labute approximate surface area is 158 Å². The van der Waals surface area contributed by atoms with E-state index in [4.69, 9.17) is 4.74 Å². The quantitative estimate of drug-likeness (QED) is 0.887. The molecule has 1 aliphatic heterocycles. The number of nitrogens with one attached hydrogen (secondary N) is 1. The smallest absolute Gasteiger partial charge is 0.267 e. The maximum absolute atomic E-state index is 12.4. The van der Waals surface area contributed by atoms with Crippen LogP contribution in [0.5, 0.6) is 5.75 Å². The van der Waals surface area contributed by atoms with Gasteiger partial charge in [0.05, 0.1) is 12.8 Å². The minimum absolute atomic E-state index is 0.0639. The molecule has 7 nitrogen and oxygen atoms in total. The Morgan fingerprint density at radius 3 is 2.59 bits per heavy atom. The molecule has 0 atom stereocenters. The zero-order chi connectivity index (χ0) is 19.6. The van der Waals surface area contributed by atoms with E-state index in [1.54, 1.807) is 13.2 Å². The van der Waals surface area contributed by atoms with E-state index in [2.05, 4.69) is 15.3 Å². The monoisotopic (exact) mass is 370 g/mol. The molecule has 7 heteroatoms. The molecule has 2 heterocycles. The lowest BCUT2D eigenvalue weighted by molar-refractivity contribution is -0.123. The van der Waals surface area contributed by atoms with Crippen LogP contribution in [0.2, 0.25) is 0 Å². The molecule has 3 rings (SSSR count). The molecule has 1 N–H and O–H groups in total. The second-order valence-electron chi connectivity index (χ2n) is 7.78. The Hall–Kier alpha value is -2.83. The summed E-state index contributed by atoms with van der Waals surface area (Å²) in [5, 5.41) is 7.29. The topological polar surface area (TPSA) is 76.5 Å². The van der Waals surface area contributed by atoms with Gasteiger partial charge < -0.3 is 15.0 Å². The Morgan fingerprint density at radius 1 is 1.26 bits per heavy atom. The number of ether oxygens (including phenoxy) is 1. The summed E-state index contributed by atoms with van der Waals surface area (Å²) in [6, 6.07) is 9.47. The molecule has 0 radical (unpaired) electrons. The second-order valence-corrected chi connectivity index (χ2v) is 7.78. The lowest BCUT2D eigenvalue weighted by atomic mass is 10.1. The summed E-state index contributed by atoms with van der Waals surface area (Å²) in [6.45, 7) is 7.08. The highest BCUT2D eigenvalue weighted by molar-refractivity contribution is 5.76. The minimum Gasteiger partial charge on any atom is -0.497 e. The van der Waals surface area contributed by atoms with Crippen LogP contribution < -0.4 is 20.5 Å². The fourth-order valence-corrected chi connectivity index (χ4v) is 3.16. The first-order valence-electron chi connectivity index (χ1n) is 9.05. The summed E-state index contributed by atoms with van der Waals surface area (Å²) in [4.78, 5) is 26.7. The molecule has 1 aliphatic rings. The number of methoxy groups -OCH3 is 1. The largest absolute Gasteiger partial charge is 0.497 e. The first-order chi connectivity index (χ1) is 12.7. The van der Waals surface area contributed by atoms with Crippen molar-refractivity contribution < 1.29 is 9.53 Å². The number of nitrogens with zero attached hydrogens (tertiary/aromatic N) is 3. The predicted molar refractivity (Wildman–Crippen MR) is 104 cm³/mol. The van der Waals surface area contributed by atoms with E-state index in [0.29, 0.717) is 6.54 Å². The molecule has 144 valence electrons. The van der Waals surface area contributed by atoms with Gasteiger partial charge in [0.1, 0.15) is 12.3 Å². The predicted octanol–water partition coefficient (Wildman–Crippen LogP) is 1.73. The van der Waals surface area contributed by atoms with Gasteiger partial charge in [-0.1, -0.05) is 0 Å². The van der Waals surface area contributed by atoms with Gasteiger partial charge in [-0.25, -0.2) is 4.68 Å². The summed E-state index contributed by atoms with van der Waals surface area (Å²) in [5.74, 6) is 0.599. The molecule has 0 aliphatic carbocycles. The highest BCUT2D eigenvalue weighted by atomic mass is 16.5. The molecular weight excluding hydrogens is 344 g/mol. The van der Waals surface area contributed by atoms with Crippen molar-refractivity contribution in [3.8, 4) is 5.75 Å². The zero-order valence-electron chi connectivity index (χ0n) is 16.3. The summed E-state index contributed by atoms with van der Waals surface area (Å²) in [6.07, 6.45) is 0.725. The van der Waals surface area contributed by atoms with Gasteiger partial charge in [0.15, 0.2) is 0 Å². The molecule has 0 unspecified atom stereocenters. The van der Waals surface area contributed by atoms with Crippen molar-refractivity contribution in [2.24, 2.45) is 0 Å². The van der Waals surface area contributed by atoms with E-state index in [9.17, 15) is 9.59 Å². The summed E-state index contributed by atoms with van der Waals surface area (Å²) < 4.78 is 6.45. The molecule has 1 amide bonds. The summed E-state index contributed by atoms with van der Waals surface area (Å²) >= 11 is 0. The molecule has 1 aromatic carbocycles. The zero-order valence-corrected chi connectivity index (χ0v) is 16.3. The molecule has 2 aromatic rings. The number of hydrogen-bond donors (Lipinski definition) is 1. The summed E-state index contributed by atoms with van der Waals surface area (Å²) in [7, 11) is 1.64. The third kappa shape index (κ3) is 4.67. The molecule has 0 spiro atoms. The van der Waals surface area contributed by atoms with Crippen molar-refractivity contribution in [3.05, 3.63) is 51.9 Å².